The van der Waals surface area contributed by atoms with E-state index in [1.54, 1.807) is 0 Å². The lowest BCUT2D eigenvalue weighted by Gasteiger charge is -2.33. The second-order valence-electron chi connectivity index (χ2n) is 6.72. The van der Waals surface area contributed by atoms with Crippen LogP contribution in [0.3, 0.4) is 0 Å². The Hall–Kier alpha value is -2.04. The SMILES string of the molecule is CCN1CCN(CCCCOc2cccc(Oc3ccccc3)c2)CC1. The molecule has 0 N–H and O–H groups in total. The van der Waals surface area contributed by atoms with Crippen LogP contribution in [0.5, 0.6) is 17.2 Å². The van der Waals surface area contributed by atoms with Gasteiger partial charge in [-0.25, -0.2) is 0 Å². The number of piperazine rings is 1. The fraction of sp³-hybridized carbons (Fsp3) is 0.455. The van der Waals surface area contributed by atoms with Crippen molar-refractivity contribution in [3.8, 4) is 17.2 Å². The van der Waals surface area contributed by atoms with Gasteiger partial charge in [0.2, 0.25) is 0 Å². The van der Waals surface area contributed by atoms with Crippen molar-refractivity contribution in [1.82, 2.24) is 9.80 Å². The van der Waals surface area contributed by atoms with Crippen molar-refractivity contribution in [1.29, 1.82) is 0 Å². The Labute approximate surface area is 157 Å². The monoisotopic (exact) mass is 354 g/mol. The van der Waals surface area contributed by atoms with Gasteiger partial charge in [-0.2, -0.15) is 0 Å². The van der Waals surface area contributed by atoms with Crippen LogP contribution in [0.2, 0.25) is 0 Å². The van der Waals surface area contributed by atoms with Gasteiger partial charge in [-0.15, -0.1) is 0 Å². The molecule has 4 nitrogen and oxygen atoms in total. The molecule has 0 radical (unpaired) electrons. The number of ether oxygens (including phenoxy) is 2. The molecule has 140 valence electrons. The third kappa shape index (κ3) is 6.04. The predicted molar refractivity (Wildman–Crippen MR) is 106 cm³/mol. The average Bonchev–Trinajstić information content (AvgIpc) is 2.69. The molecule has 1 saturated heterocycles. The van der Waals surface area contributed by atoms with Crippen LogP contribution in [-0.4, -0.2) is 55.7 Å². The first kappa shape index (κ1) is 18.7. The highest BCUT2D eigenvalue weighted by Crippen LogP contribution is 2.25. The standard InChI is InChI=1S/C22H30N2O2/c1-2-23-14-16-24(17-15-23)13-6-7-18-25-21-11-8-12-22(19-21)26-20-9-4-3-5-10-20/h3-5,8-12,19H,2,6-7,13-18H2,1H3. The molecular weight excluding hydrogens is 324 g/mol. The van der Waals surface area contributed by atoms with Gasteiger partial charge in [0, 0.05) is 32.2 Å². The molecule has 0 unspecified atom stereocenters. The summed E-state index contributed by atoms with van der Waals surface area (Å²) < 4.78 is 11.8. The number of rotatable bonds is 9. The average molecular weight is 354 g/mol. The van der Waals surface area contributed by atoms with Crippen molar-refractivity contribution in [2.75, 3.05) is 45.9 Å². The third-order valence-corrected chi connectivity index (χ3v) is 4.83. The molecule has 0 aromatic heterocycles. The Morgan fingerprint density at radius 1 is 0.769 bits per heavy atom. The van der Waals surface area contributed by atoms with E-state index in [1.807, 2.05) is 54.6 Å². The van der Waals surface area contributed by atoms with E-state index in [2.05, 4.69) is 16.7 Å². The number of hydrogen-bond acceptors (Lipinski definition) is 4. The van der Waals surface area contributed by atoms with Gasteiger partial charge < -0.3 is 19.3 Å². The summed E-state index contributed by atoms with van der Waals surface area (Å²) in [4.78, 5) is 5.09. The fourth-order valence-corrected chi connectivity index (χ4v) is 3.21. The number of benzene rings is 2. The van der Waals surface area contributed by atoms with E-state index in [9.17, 15) is 0 Å². The first-order valence-electron chi connectivity index (χ1n) is 9.74. The lowest BCUT2D eigenvalue weighted by molar-refractivity contribution is 0.134. The minimum absolute atomic E-state index is 0.754. The van der Waals surface area contributed by atoms with Crippen LogP contribution in [0.1, 0.15) is 19.8 Å². The molecule has 0 aliphatic carbocycles. The van der Waals surface area contributed by atoms with E-state index in [-0.39, 0.29) is 0 Å². The lowest BCUT2D eigenvalue weighted by Crippen LogP contribution is -2.46. The summed E-state index contributed by atoms with van der Waals surface area (Å²) in [7, 11) is 0. The number of nitrogens with zero attached hydrogens (tertiary/aromatic N) is 2. The molecule has 3 rings (SSSR count). The van der Waals surface area contributed by atoms with E-state index >= 15 is 0 Å². The van der Waals surface area contributed by atoms with Gasteiger partial charge in [0.15, 0.2) is 0 Å². The van der Waals surface area contributed by atoms with Crippen molar-refractivity contribution < 1.29 is 9.47 Å². The minimum Gasteiger partial charge on any atom is -0.493 e. The van der Waals surface area contributed by atoms with Gasteiger partial charge in [0.05, 0.1) is 6.61 Å². The van der Waals surface area contributed by atoms with Crippen molar-refractivity contribution >= 4 is 0 Å². The zero-order valence-electron chi connectivity index (χ0n) is 15.8. The Balaban J connectivity index is 1.34. The van der Waals surface area contributed by atoms with Gasteiger partial charge >= 0.3 is 0 Å². The van der Waals surface area contributed by atoms with Crippen LogP contribution < -0.4 is 9.47 Å². The van der Waals surface area contributed by atoms with Crippen molar-refractivity contribution in [2.24, 2.45) is 0 Å². The van der Waals surface area contributed by atoms with Gasteiger partial charge in [-0.1, -0.05) is 31.2 Å². The topological polar surface area (TPSA) is 24.9 Å². The van der Waals surface area contributed by atoms with Gasteiger partial charge in [0.1, 0.15) is 17.2 Å². The highest BCUT2D eigenvalue weighted by Gasteiger charge is 2.14. The zero-order chi connectivity index (χ0) is 18.0. The molecule has 1 heterocycles. The molecular formula is C22H30N2O2. The smallest absolute Gasteiger partial charge is 0.131 e. The Morgan fingerprint density at radius 2 is 1.46 bits per heavy atom. The van der Waals surface area contributed by atoms with Crippen LogP contribution in [0.4, 0.5) is 0 Å². The first-order valence-corrected chi connectivity index (χ1v) is 9.74. The Morgan fingerprint density at radius 3 is 2.23 bits per heavy atom. The Kier molecular flexibility index (Phi) is 7.35. The molecule has 0 spiro atoms. The summed E-state index contributed by atoms with van der Waals surface area (Å²) in [6.45, 7) is 10.2. The molecule has 4 heteroatoms. The summed E-state index contributed by atoms with van der Waals surface area (Å²) in [6.07, 6.45) is 2.27. The van der Waals surface area contributed by atoms with Gasteiger partial charge in [-0.05, 0) is 50.2 Å². The molecule has 1 aliphatic heterocycles. The maximum atomic E-state index is 5.90. The summed E-state index contributed by atoms with van der Waals surface area (Å²) in [6, 6.07) is 17.7. The molecule has 2 aromatic rings. The quantitative estimate of drug-likeness (QED) is 0.628. The minimum atomic E-state index is 0.754. The third-order valence-electron chi connectivity index (χ3n) is 4.83. The van der Waals surface area contributed by atoms with Gasteiger partial charge in [0.25, 0.3) is 0 Å². The number of likely N-dealkylation sites (N-methyl/N-ethyl adjacent to an activating group) is 1. The number of para-hydroxylation sites is 1. The molecule has 26 heavy (non-hydrogen) atoms. The first-order chi connectivity index (χ1) is 12.8. The maximum Gasteiger partial charge on any atom is 0.131 e. The molecule has 0 saturated carbocycles. The highest BCUT2D eigenvalue weighted by atomic mass is 16.5. The summed E-state index contributed by atoms with van der Waals surface area (Å²) in [5.41, 5.74) is 0. The zero-order valence-corrected chi connectivity index (χ0v) is 15.8. The largest absolute Gasteiger partial charge is 0.493 e. The van der Waals surface area contributed by atoms with Crippen LogP contribution in [-0.2, 0) is 0 Å². The van der Waals surface area contributed by atoms with Crippen molar-refractivity contribution in [3.63, 3.8) is 0 Å². The summed E-state index contributed by atoms with van der Waals surface area (Å²) >= 11 is 0. The maximum absolute atomic E-state index is 5.90. The van der Waals surface area contributed by atoms with Gasteiger partial charge in [-0.3, -0.25) is 0 Å². The molecule has 2 aromatic carbocycles. The van der Waals surface area contributed by atoms with E-state index < -0.39 is 0 Å². The van der Waals surface area contributed by atoms with E-state index in [0.29, 0.717) is 0 Å². The molecule has 0 atom stereocenters. The molecule has 1 fully saturated rings. The fourth-order valence-electron chi connectivity index (χ4n) is 3.21. The van der Waals surface area contributed by atoms with E-state index in [4.69, 9.17) is 9.47 Å². The molecule has 0 amide bonds. The summed E-state index contributed by atoms with van der Waals surface area (Å²) in [5, 5.41) is 0. The van der Waals surface area contributed by atoms with E-state index in [0.717, 1.165) is 30.3 Å². The number of unbranched alkanes of at least 4 members (excludes halogenated alkanes) is 1. The van der Waals surface area contributed by atoms with Crippen LogP contribution in [0, 0.1) is 0 Å². The van der Waals surface area contributed by atoms with Crippen LogP contribution in [0.15, 0.2) is 54.6 Å². The summed E-state index contributed by atoms with van der Waals surface area (Å²) in [5.74, 6) is 2.52. The van der Waals surface area contributed by atoms with Crippen LogP contribution in [0.25, 0.3) is 0 Å². The lowest BCUT2D eigenvalue weighted by atomic mass is 10.2. The number of hydrogen-bond donors (Lipinski definition) is 0. The van der Waals surface area contributed by atoms with Crippen molar-refractivity contribution in [2.45, 2.75) is 19.8 Å². The molecule has 0 bridgehead atoms. The second-order valence-corrected chi connectivity index (χ2v) is 6.72. The van der Waals surface area contributed by atoms with E-state index in [1.165, 1.54) is 45.7 Å². The highest BCUT2D eigenvalue weighted by molar-refractivity contribution is 5.36. The van der Waals surface area contributed by atoms with Crippen molar-refractivity contribution in [3.05, 3.63) is 54.6 Å². The second kappa shape index (κ2) is 10.2. The Bertz CT molecular complexity index is 640. The molecule has 1 aliphatic rings. The predicted octanol–water partition coefficient (Wildman–Crippen LogP) is 4.28. The normalized spacial score (nSPS) is 15.7. The van der Waals surface area contributed by atoms with Crippen LogP contribution >= 0.6 is 0 Å².